The molecule has 1 aliphatic rings. The lowest BCUT2D eigenvalue weighted by atomic mass is 10.0. The largest absolute Gasteiger partial charge is 0.480 e. The Morgan fingerprint density at radius 3 is 2.46 bits per heavy atom. The number of nitrogens with two attached hydrogens (primary N) is 1. The fourth-order valence-electron chi connectivity index (χ4n) is 3.77. The molecule has 0 amide bonds. The van der Waals surface area contributed by atoms with Crippen LogP contribution in [0.25, 0.3) is 33.5 Å². The molecule has 2 N–H and O–H groups in total. The lowest BCUT2D eigenvalue weighted by Gasteiger charge is -2.24. The van der Waals surface area contributed by atoms with E-state index in [0.717, 1.165) is 53.9 Å². The number of hydrogen-bond donors (Lipinski definition) is 1. The third-order valence-electron chi connectivity index (χ3n) is 5.43. The number of rotatable bonds is 5. The van der Waals surface area contributed by atoms with E-state index in [2.05, 4.69) is 50.9 Å². The van der Waals surface area contributed by atoms with Gasteiger partial charge in [-0.1, -0.05) is 0 Å². The van der Waals surface area contributed by atoms with Gasteiger partial charge in [0.25, 0.3) is 0 Å². The second-order valence-electron chi connectivity index (χ2n) is 7.44. The van der Waals surface area contributed by atoms with Crippen molar-refractivity contribution in [1.82, 2.24) is 29.9 Å². The molecule has 1 aliphatic heterocycles. The first kappa shape index (κ1) is 25.2. The van der Waals surface area contributed by atoms with E-state index in [-0.39, 0.29) is 0 Å². The molecule has 0 unspecified atom stereocenters. The summed E-state index contributed by atoms with van der Waals surface area (Å²) in [6.45, 7) is 3.75. The van der Waals surface area contributed by atoms with Crippen LogP contribution in [0, 0.1) is 25.7 Å². The Balaban J connectivity index is 0.000000815. The smallest absolute Gasteiger partial charge is 0.248 e. The number of aryl methyl sites for hydroxylation is 1. The first-order chi connectivity index (χ1) is 17.1. The van der Waals surface area contributed by atoms with Crippen molar-refractivity contribution in [2.24, 2.45) is 7.05 Å². The summed E-state index contributed by atoms with van der Waals surface area (Å²) in [6.07, 6.45) is 19.5. The summed E-state index contributed by atoms with van der Waals surface area (Å²) in [5.74, 6) is 1.43. The Bertz CT molecular complexity index is 1310. The Labute approximate surface area is 204 Å². The molecule has 1 fully saturated rings. The van der Waals surface area contributed by atoms with Crippen LogP contribution in [0.5, 0.6) is 5.88 Å². The van der Waals surface area contributed by atoms with Crippen molar-refractivity contribution in [3.05, 3.63) is 36.5 Å². The van der Waals surface area contributed by atoms with Gasteiger partial charge in [-0.15, -0.1) is 35.9 Å². The van der Waals surface area contributed by atoms with E-state index in [9.17, 15) is 0 Å². The molecule has 3 aromatic heterocycles. The van der Waals surface area contributed by atoms with Crippen LogP contribution in [0.2, 0.25) is 0 Å². The minimum atomic E-state index is 0.398. The van der Waals surface area contributed by atoms with Crippen molar-refractivity contribution in [1.29, 1.82) is 0 Å². The Morgan fingerprint density at radius 2 is 1.77 bits per heavy atom. The molecular formula is C25H27N7O3. The monoisotopic (exact) mass is 473 g/mol. The van der Waals surface area contributed by atoms with Crippen LogP contribution in [0.15, 0.2) is 35.0 Å². The van der Waals surface area contributed by atoms with E-state index in [1.165, 1.54) is 0 Å². The van der Waals surface area contributed by atoms with Gasteiger partial charge in [-0.2, -0.15) is 5.10 Å². The predicted molar refractivity (Wildman–Crippen MR) is 134 cm³/mol. The number of nitrogen functional groups attached to an aromatic ring is 1. The van der Waals surface area contributed by atoms with E-state index < -0.39 is 0 Å². The second kappa shape index (κ2) is 11.7. The number of aromatic nitrogens is 5. The maximum atomic E-state index is 6.07. The summed E-state index contributed by atoms with van der Waals surface area (Å²) >= 11 is 0. The molecule has 10 nitrogen and oxygen atoms in total. The number of anilines is 1. The van der Waals surface area contributed by atoms with Gasteiger partial charge >= 0.3 is 0 Å². The zero-order valence-corrected chi connectivity index (χ0v) is 19.7. The van der Waals surface area contributed by atoms with Crippen LogP contribution >= 0.6 is 0 Å². The van der Waals surface area contributed by atoms with Gasteiger partial charge in [-0.25, -0.2) is 4.98 Å². The van der Waals surface area contributed by atoms with Crippen LogP contribution in [0.3, 0.4) is 0 Å². The second-order valence-corrected chi connectivity index (χ2v) is 7.44. The van der Waals surface area contributed by atoms with Crippen LogP contribution in [0.1, 0.15) is 5.89 Å². The number of pyridine rings is 1. The molecule has 0 saturated carbocycles. The van der Waals surface area contributed by atoms with Gasteiger partial charge in [0, 0.05) is 37.3 Å². The van der Waals surface area contributed by atoms with Crippen molar-refractivity contribution in [2.45, 2.75) is 6.54 Å². The maximum absolute atomic E-state index is 6.07. The van der Waals surface area contributed by atoms with Gasteiger partial charge in [0.1, 0.15) is 0 Å². The van der Waals surface area contributed by atoms with E-state index in [4.69, 9.17) is 19.6 Å². The number of benzene rings is 1. The van der Waals surface area contributed by atoms with E-state index in [1.54, 1.807) is 19.5 Å². The first-order valence-electron chi connectivity index (χ1n) is 10.7. The standard InChI is InChI=1S/C21H23N7O3.2C2H2/c1-27-18-9-13(14-8-17(22)21(29-2)23-10-14)7-15(16(18)11-24-27)20-26-25-19(31-20)12-28-3-5-30-6-4-28;2*1-2/h7-11H,3-6,12,22H2,1-2H3;2*1-2H. The van der Waals surface area contributed by atoms with Gasteiger partial charge in [0.15, 0.2) is 0 Å². The molecule has 1 saturated heterocycles. The van der Waals surface area contributed by atoms with Crippen LogP contribution in [0.4, 0.5) is 5.69 Å². The van der Waals surface area contributed by atoms with Crippen LogP contribution in [-0.2, 0) is 18.3 Å². The zero-order valence-electron chi connectivity index (χ0n) is 19.7. The molecule has 35 heavy (non-hydrogen) atoms. The van der Waals surface area contributed by atoms with E-state index in [0.29, 0.717) is 29.9 Å². The van der Waals surface area contributed by atoms with Gasteiger partial charge in [0.2, 0.25) is 17.7 Å². The van der Waals surface area contributed by atoms with Crippen molar-refractivity contribution in [3.8, 4) is 54.2 Å². The Kier molecular flexibility index (Phi) is 8.41. The average Bonchev–Trinajstić information content (AvgIpc) is 3.53. The predicted octanol–water partition coefficient (Wildman–Crippen LogP) is 2.61. The fourth-order valence-corrected chi connectivity index (χ4v) is 3.77. The van der Waals surface area contributed by atoms with Crippen molar-refractivity contribution < 1.29 is 13.9 Å². The maximum Gasteiger partial charge on any atom is 0.248 e. The summed E-state index contributed by atoms with van der Waals surface area (Å²) in [5.41, 5.74) is 10.1. The van der Waals surface area contributed by atoms with Gasteiger partial charge in [0.05, 0.1) is 49.8 Å². The minimum absolute atomic E-state index is 0.398. The summed E-state index contributed by atoms with van der Waals surface area (Å²) < 4.78 is 18.4. The molecule has 5 rings (SSSR count). The summed E-state index contributed by atoms with van der Waals surface area (Å²) in [5, 5.41) is 13.9. The summed E-state index contributed by atoms with van der Waals surface area (Å²) in [7, 11) is 3.44. The highest BCUT2D eigenvalue weighted by molar-refractivity contribution is 5.96. The molecule has 0 spiro atoms. The number of ether oxygens (including phenoxy) is 2. The van der Waals surface area contributed by atoms with Crippen molar-refractivity contribution in [3.63, 3.8) is 0 Å². The molecule has 0 bridgehead atoms. The minimum Gasteiger partial charge on any atom is -0.480 e. The fraction of sp³-hybridized carbons (Fsp3) is 0.280. The number of morpholine rings is 1. The first-order valence-corrected chi connectivity index (χ1v) is 10.7. The highest BCUT2D eigenvalue weighted by Crippen LogP contribution is 2.34. The quantitative estimate of drug-likeness (QED) is 0.436. The Morgan fingerprint density at radius 1 is 1.03 bits per heavy atom. The third kappa shape index (κ3) is 5.41. The average molecular weight is 474 g/mol. The SMILES string of the molecule is C#C.C#C.COc1ncc(-c2cc(-c3nnc(CN4CCOCC4)o3)c3cnn(C)c3c2)cc1N. The van der Waals surface area contributed by atoms with Crippen LogP contribution in [-0.4, -0.2) is 63.3 Å². The Hall–Kier alpha value is -4.38. The molecule has 1 aromatic carbocycles. The summed E-state index contributed by atoms with van der Waals surface area (Å²) in [4.78, 5) is 6.54. The number of hydrogen-bond acceptors (Lipinski definition) is 9. The van der Waals surface area contributed by atoms with Gasteiger partial charge in [-0.05, 0) is 23.8 Å². The van der Waals surface area contributed by atoms with Crippen LogP contribution < -0.4 is 10.5 Å². The highest BCUT2D eigenvalue weighted by atomic mass is 16.5. The molecule has 10 heteroatoms. The number of nitrogens with zero attached hydrogens (tertiary/aromatic N) is 6. The van der Waals surface area contributed by atoms with E-state index in [1.807, 2.05) is 29.9 Å². The highest BCUT2D eigenvalue weighted by Gasteiger charge is 2.19. The molecule has 0 aliphatic carbocycles. The van der Waals surface area contributed by atoms with E-state index >= 15 is 0 Å². The third-order valence-corrected chi connectivity index (χ3v) is 5.43. The zero-order chi connectivity index (χ0) is 25.4. The normalized spacial score (nSPS) is 13.3. The van der Waals surface area contributed by atoms with Crippen molar-refractivity contribution in [2.75, 3.05) is 39.1 Å². The van der Waals surface area contributed by atoms with Crippen molar-refractivity contribution >= 4 is 16.6 Å². The molecule has 0 atom stereocenters. The molecule has 0 radical (unpaired) electrons. The van der Waals surface area contributed by atoms with Gasteiger partial charge < -0.3 is 19.6 Å². The lowest BCUT2D eigenvalue weighted by molar-refractivity contribution is 0.0306. The molecular weight excluding hydrogens is 446 g/mol. The topological polar surface area (TPSA) is 117 Å². The number of terminal acetylenes is 2. The molecule has 180 valence electrons. The summed E-state index contributed by atoms with van der Waals surface area (Å²) in [6, 6.07) is 5.88. The number of fused-ring (bicyclic) bond motifs is 1. The number of methoxy groups -OCH3 is 1. The molecule has 4 heterocycles. The van der Waals surface area contributed by atoms with Gasteiger partial charge in [-0.3, -0.25) is 9.58 Å². The lowest BCUT2D eigenvalue weighted by Crippen LogP contribution is -2.35. The molecule has 4 aromatic rings.